The van der Waals surface area contributed by atoms with Gasteiger partial charge in [-0.1, -0.05) is 11.3 Å². The van der Waals surface area contributed by atoms with Gasteiger partial charge in [0.2, 0.25) is 15.2 Å². The van der Waals surface area contributed by atoms with E-state index in [2.05, 4.69) is 10.1 Å². The Morgan fingerprint density at radius 2 is 1.86 bits per heavy atom. The van der Waals surface area contributed by atoms with Crippen LogP contribution >= 0.6 is 11.3 Å². The van der Waals surface area contributed by atoms with Crippen molar-refractivity contribution in [2.45, 2.75) is 11.8 Å². The summed E-state index contributed by atoms with van der Waals surface area (Å²) in [7, 11) is -2.38. The average Bonchev–Trinajstić information content (AvgIpc) is 3.68. The van der Waals surface area contributed by atoms with E-state index >= 15 is 0 Å². The van der Waals surface area contributed by atoms with Gasteiger partial charge < -0.3 is 18.8 Å². The van der Waals surface area contributed by atoms with E-state index in [1.165, 1.54) is 46.6 Å². The van der Waals surface area contributed by atoms with Gasteiger partial charge in [-0.15, -0.1) is 0 Å². The Balaban J connectivity index is 1.40. The summed E-state index contributed by atoms with van der Waals surface area (Å²) < 4.78 is 43.9. The van der Waals surface area contributed by atoms with E-state index in [9.17, 15) is 28.1 Å². The predicted molar refractivity (Wildman–Crippen MR) is 160 cm³/mol. The zero-order valence-corrected chi connectivity index (χ0v) is 25.1. The predicted octanol–water partition coefficient (Wildman–Crippen LogP) is 3.95. The molecule has 1 aliphatic heterocycles. The molecule has 1 fully saturated rings. The number of thiazole rings is 1. The van der Waals surface area contributed by atoms with Gasteiger partial charge in [0.25, 0.3) is 5.91 Å². The van der Waals surface area contributed by atoms with Crippen molar-refractivity contribution in [1.29, 1.82) is 0 Å². The number of aromatic nitrogens is 1. The number of hydrogen-bond acceptors (Lipinski definition) is 12. The monoisotopic (exact) mass is 642 g/mol. The summed E-state index contributed by atoms with van der Waals surface area (Å²) >= 11 is 1.16. The number of hydrazone groups is 1. The third-order valence-corrected chi connectivity index (χ3v) is 9.46. The Hall–Kier alpha value is -4.87. The molecular formula is C27H26N6O9S2. The van der Waals surface area contributed by atoms with Crippen molar-refractivity contribution in [2.75, 3.05) is 44.9 Å². The Bertz CT molecular complexity index is 1830. The number of benzene rings is 2. The molecule has 5 rings (SSSR count). The van der Waals surface area contributed by atoms with Crippen LogP contribution in [-0.4, -0.2) is 85.6 Å². The number of anilines is 1. The Morgan fingerprint density at radius 1 is 1.14 bits per heavy atom. The van der Waals surface area contributed by atoms with Crippen LogP contribution in [0.2, 0.25) is 0 Å². The first-order chi connectivity index (χ1) is 21.1. The van der Waals surface area contributed by atoms with Crippen LogP contribution in [0.5, 0.6) is 5.75 Å². The lowest BCUT2D eigenvalue weighted by molar-refractivity contribution is -0.402. The smallest absolute Gasteiger partial charge is 0.433 e. The third-order valence-electron chi connectivity index (χ3n) is 6.55. The standard InChI is InChI=1S/C27H26N6O9S2/c1-3-41-27(35)30-12-14-31(15-13-30)44(38,39)21-8-4-18(5-9-21)25(34)32(28-17-20-7-11-24(42-20)33(36)37)26-29-22-10-6-19(40-2)16-23(22)43-26/h4-11,16-17H,3,12-15H2,1-2H3/b28-17+. The zero-order valence-electron chi connectivity index (χ0n) is 23.5. The first-order valence-corrected chi connectivity index (χ1v) is 15.5. The number of rotatable bonds is 9. The van der Waals surface area contributed by atoms with Crippen LogP contribution in [0.4, 0.5) is 15.8 Å². The summed E-state index contributed by atoms with van der Waals surface area (Å²) in [6.07, 6.45) is 0.656. The fourth-order valence-corrected chi connectivity index (χ4v) is 6.66. The molecule has 3 heterocycles. The van der Waals surface area contributed by atoms with Crippen molar-refractivity contribution in [1.82, 2.24) is 14.2 Å². The molecule has 2 amide bonds. The van der Waals surface area contributed by atoms with Crippen molar-refractivity contribution >= 4 is 60.8 Å². The van der Waals surface area contributed by atoms with Gasteiger partial charge in [0.05, 0.1) is 41.1 Å². The number of amides is 2. The van der Waals surface area contributed by atoms with Gasteiger partial charge in [-0.25, -0.2) is 18.2 Å². The minimum Gasteiger partial charge on any atom is -0.497 e. The van der Waals surface area contributed by atoms with Gasteiger partial charge in [0.1, 0.15) is 10.7 Å². The first kappa shape index (κ1) is 30.6. The van der Waals surface area contributed by atoms with Crippen molar-refractivity contribution in [2.24, 2.45) is 5.10 Å². The lowest BCUT2D eigenvalue weighted by atomic mass is 10.2. The van der Waals surface area contributed by atoms with E-state index < -0.39 is 32.8 Å². The largest absolute Gasteiger partial charge is 0.497 e. The highest BCUT2D eigenvalue weighted by Gasteiger charge is 2.31. The van der Waals surface area contributed by atoms with Crippen LogP contribution < -0.4 is 9.75 Å². The van der Waals surface area contributed by atoms with Gasteiger partial charge in [-0.3, -0.25) is 14.9 Å². The third kappa shape index (κ3) is 6.38. The quantitative estimate of drug-likeness (QED) is 0.147. The summed E-state index contributed by atoms with van der Waals surface area (Å²) in [4.78, 5) is 41.9. The first-order valence-electron chi connectivity index (χ1n) is 13.2. The summed E-state index contributed by atoms with van der Waals surface area (Å²) in [5, 5.41) is 16.4. The topological polar surface area (TPSA) is 178 Å². The van der Waals surface area contributed by atoms with E-state index in [1.54, 1.807) is 25.1 Å². The molecule has 0 bridgehead atoms. The molecule has 0 aliphatic carbocycles. The average molecular weight is 643 g/mol. The molecule has 0 unspecified atom stereocenters. The number of methoxy groups -OCH3 is 1. The highest BCUT2D eigenvalue weighted by molar-refractivity contribution is 7.89. The normalized spacial score (nSPS) is 14.2. The van der Waals surface area contributed by atoms with Crippen molar-refractivity contribution < 1.29 is 36.8 Å². The van der Waals surface area contributed by atoms with Crippen LogP contribution in [0.15, 0.2) is 69.0 Å². The number of piperazine rings is 1. The van der Waals surface area contributed by atoms with Crippen LogP contribution in [0, 0.1) is 10.1 Å². The molecule has 230 valence electrons. The van der Waals surface area contributed by atoms with Gasteiger partial charge in [0, 0.05) is 31.7 Å². The number of fused-ring (bicyclic) bond motifs is 1. The van der Waals surface area contributed by atoms with Crippen LogP contribution in [0.25, 0.3) is 10.2 Å². The van der Waals surface area contributed by atoms with Crippen LogP contribution in [0.3, 0.4) is 0 Å². The number of hydrogen-bond donors (Lipinski definition) is 0. The summed E-state index contributed by atoms with van der Waals surface area (Å²) in [5.74, 6) is -0.506. The van der Waals surface area contributed by atoms with E-state index in [0.717, 1.165) is 28.6 Å². The summed E-state index contributed by atoms with van der Waals surface area (Å²) in [6, 6.07) is 13.1. The fourth-order valence-electron chi connectivity index (χ4n) is 4.29. The number of nitro groups is 1. The molecule has 2 aromatic heterocycles. The molecule has 4 aromatic rings. The van der Waals surface area contributed by atoms with E-state index in [1.807, 2.05) is 0 Å². The molecule has 0 spiro atoms. The van der Waals surface area contributed by atoms with Crippen molar-refractivity contribution in [3.63, 3.8) is 0 Å². The lowest BCUT2D eigenvalue weighted by Crippen LogP contribution is -2.50. The second-order valence-electron chi connectivity index (χ2n) is 9.24. The minimum absolute atomic E-state index is 0.0244. The SMILES string of the molecule is CCOC(=O)N1CCN(S(=O)(=O)c2ccc(C(=O)N(/N=C/c3ccc([N+](=O)[O-])o3)c3nc4ccc(OC)cc4s3)cc2)CC1. The number of carbonyl (C=O) groups excluding carboxylic acids is 2. The fraction of sp³-hybridized carbons (Fsp3) is 0.259. The molecule has 44 heavy (non-hydrogen) atoms. The van der Waals surface area contributed by atoms with Gasteiger partial charge in [0.15, 0.2) is 5.76 Å². The number of furan rings is 1. The molecule has 0 radical (unpaired) electrons. The molecule has 15 nitrogen and oxygen atoms in total. The maximum Gasteiger partial charge on any atom is 0.433 e. The second-order valence-corrected chi connectivity index (χ2v) is 12.2. The maximum absolute atomic E-state index is 13.7. The number of carbonyl (C=O) groups is 2. The summed E-state index contributed by atoms with van der Waals surface area (Å²) in [5.41, 5.74) is 0.687. The number of sulfonamides is 1. The van der Waals surface area contributed by atoms with E-state index in [0.29, 0.717) is 16.0 Å². The second kappa shape index (κ2) is 12.8. The molecule has 2 aromatic carbocycles. The Kier molecular flexibility index (Phi) is 8.88. The van der Waals surface area contributed by atoms with Crippen LogP contribution in [-0.2, 0) is 14.8 Å². The zero-order chi connectivity index (χ0) is 31.4. The molecule has 0 N–H and O–H groups in total. The maximum atomic E-state index is 13.7. The van der Waals surface area contributed by atoms with Crippen molar-refractivity contribution in [3.8, 4) is 5.75 Å². The van der Waals surface area contributed by atoms with Gasteiger partial charge in [-0.05, 0) is 55.5 Å². The number of nitrogens with zero attached hydrogens (tertiary/aromatic N) is 6. The summed E-state index contributed by atoms with van der Waals surface area (Å²) in [6.45, 7) is 2.49. The van der Waals surface area contributed by atoms with Gasteiger partial charge in [-0.2, -0.15) is 14.4 Å². The van der Waals surface area contributed by atoms with E-state index in [4.69, 9.17) is 13.9 Å². The Morgan fingerprint density at radius 3 is 2.50 bits per heavy atom. The molecule has 17 heteroatoms. The molecular weight excluding hydrogens is 616 g/mol. The van der Waals surface area contributed by atoms with Crippen molar-refractivity contribution in [3.05, 3.63) is 76.0 Å². The molecule has 0 saturated carbocycles. The lowest BCUT2D eigenvalue weighted by Gasteiger charge is -2.33. The highest BCUT2D eigenvalue weighted by Crippen LogP contribution is 2.33. The highest BCUT2D eigenvalue weighted by atomic mass is 32.2. The number of ether oxygens (including phenoxy) is 2. The molecule has 1 aliphatic rings. The Labute approximate surface area is 255 Å². The molecule has 1 saturated heterocycles. The minimum atomic E-state index is -3.90. The van der Waals surface area contributed by atoms with Crippen LogP contribution in [0.1, 0.15) is 23.0 Å². The van der Waals surface area contributed by atoms with Gasteiger partial charge >= 0.3 is 12.0 Å². The molecule has 0 atom stereocenters. The van der Waals surface area contributed by atoms with E-state index in [-0.39, 0.29) is 54.1 Å².